The topological polar surface area (TPSA) is 90.1 Å². The maximum Gasteiger partial charge on any atom is 0.346 e. The van der Waals surface area contributed by atoms with Crippen molar-refractivity contribution in [3.8, 4) is 50.2 Å². The van der Waals surface area contributed by atoms with Crippen molar-refractivity contribution in [1.29, 1.82) is 5.26 Å². The molecule has 8 aromatic rings. The van der Waals surface area contributed by atoms with Crippen molar-refractivity contribution in [3.05, 3.63) is 180 Å². The van der Waals surface area contributed by atoms with Crippen molar-refractivity contribution in [2.24, 2.45) is 0 Å². The Labute approximate surface area is 310 Å². The van der Waals surface area contributed by atoms with E-state index in [-0.39, 0.29) is 5.57 Å². The summed E-state index contributed by atoms with van der Waals surface area (Å²) in [4.78, 5) is 26.2. The lowest BCUT2D eigenvalue weighted by Crippen LogP contribution is -2.09. The van der Waals surface area contributed by atoms with E-state index in [0.29, 0.717) is 4.88 Å². The number of para-hydroxylation sites is 2. The maximum atomic E-state index is 11.6. The molecule has 0 aliphatic carbocycles. The lowest BCUT2D eigenvalue weighted by Gasteiger charge is -2.25. The second-order valence-corrected chi connectivity index (χ2v) is 13.4. The molecule has 2 aromatic heterocycles. The summed E-state index contributed by atoms with van der Waals surface area (Å²) in [5, 5.41) is 18.8. The summed E-state index contributed by atoms with van der Waals surface area (Å²) in [6, 6.07) is 59.0. The van der Waals surface area contributed by atoms with E-state index >= 15 is 0 Å². The molecule has 53 heavy (non-hydrogen) atoms. The zero-order valence-corrected chi connectivity index (χ0v) is 29.1. The van der Waals surface area contributed by atoms with E-state index in [1.165, 1.54) is 17.4 Å². The summed E-state index contributed by atoms with van der Waals surface area (Å²) < 4.78 is 0. The molecular formula is C46H30N4O2S. The van der Waals surface area contributed by atoms with E-state index in [0.717, 1.165) is 72.2 Å². The number of hydrogen-bond acceptors (Lipinski definition) is 6. The summed E-state index contributed by atoms with van der Waals surface area (Å²) >= 11 is 1.40. The monoisotopic (exact) mass is 702 g/mol. The first-order valence-electron chi connectivity index (χ1n) is 17.0. The number of carboxylic acid groups (broad SMARTS) is 1. The van der Waals surface area contributed by atoms with Crippen molar-refractivity contribution in [2.75, 3.05) is 4.90 Å². The number of nitriles is 1. The van der Waals surface area contributed by atoms with Gasteiger partial charge < -0.3 is 10.0 Å². The molecule has 6 aromatic carbocycles. The summed E-state index contributed by atoms with van der Waals surface area (Å²) in [5.41, 5.74) is 10.5. The highest BCUT2D eigenvalue weighted by atomic mass is 32.1. The molecule has 8 rings (SSSR count). The fraction of sp³-hybridized carbons (Fsp3) is 0. The Morgan fingerprint density at radius 1 is 0.566 bits per heavy atom. The maximum absolute atomic E-state index is 11.6. The highest BCUT2D eigenvalue weighted by Gasteiger charge is 2.20. The predicted molar refractivity (Wildman–Crippen MR) is 215 cm³/mol. The Kier molecular flexibility index (Phi) is 9.10. The van der Waals surface area contributed by atoms with Gasteiger partial charge in [0.15, 0.2) is 0 Å². The minimum absolute atomic E-state index is 0.321. The molecule has 6 nitrogen and oxygen atoms in total. The Bertz CT molecular complexity index is 2590. The molecule has 2 heterocycles. The van der Waals surface area contributed by atoms with Crippen LogP contribution in [0.15, 0.2) is 175 Å². The third-order valence-electron chi connectivity index (χ3n) is 8.91. The van der Waals surface area contributed by atoms with Crippen LogP contribution in [-0.2, 0) is 4.79 Å². The van der Waals surface area contributed by atoms with E-state index in [1.807, 2.05) is 97.1 Å². The minimum Gasteiger partial charge on any atom is -0.477 e. The molecule has 0 saturated heterocycles. The Hall–Kier alpha value is -7.14. The van der Waals surface area contributed by atoms with Crippen LogP contribution in [0.5, 0.6) is 0 Å². The molecule has 0 saturated carbocycles. The number of carbonyl (C=O) groups is 1. The Morgan fingerprint density at radius 2 is 1.04 bits per heavy atom. The molecule has 0 aliphatic rings. The van der Waals surface area contributed by atoms with E-state index in [4.69, 9.17) is 9.97 Å². The van der Waals surface area contributed by atoms with Crippen molar-refractivity contribution in [2.45, 2.75) is 0 Å². The van der Waals surface area contributed by atoms with Gasteiger partial charge in [-0.1, -0.05) is 121 Å². The Balaban J connectivity index is 1.32. The average molecular weight is 703 g/mol. The first kappa shape index (κ1) is 33.0. The van der Waals surface area contributed by atoms with Crippen LogP contribution in [0, 0.1) is 11.3 Å². The average Bonchev–Trinajstić information content (AvgIpc) is 3.69. The van der Waals surface area contributed by atoms with Gasteiger partial charge in [0.2, 0.25) is 0 Å². The summed E-state index contributed by atoms with van der Waals surface area (Å²) in [7, 11) is 0. The number of aromatic nitrogens is 2. The van der Waals surface area contributed by atoms with E-state index in [9.17, 15) is 15.2 Å². The van der Waals surface area contributed by atoms with Gasteiger partial charge in [-0.15, -0.1) is 11.3 Å². The fourth-order valence-corrected chi connectivity index (χ4v) is 7.39. The number of carboxylic acids is 1. The van der Waals surface area contributed by atoms with Gasteiger partial charge in [0.25, 0.3) is 0 Å². The summed E-state index contributed by atoms with van der Waals surface area (Å²) in [6.07, 6.45) is 1.40. The van der Waals surface area contributed by atoms with Gasteiger partial charge in [0.1, 0.15) is 11.6 Å². The van der Waals surface area contributed by atoms with Gasteiger partial charge in [-0.25, -0.2) is 14.8 Å². The van der Waals surface area contributed by atoms with E-state index < -0.39 is 5.97 Å². The van der Waals surface area contributed by atoms with Crippen molar-refractivity contribution in [1.82, 2.24) is 9.97 Å². The van der Waals surface area contributed by atoms with Crippen LogP contribution < -0.4 is 4.90 Å². The number of aliphatic carboxylic acids is 1. The zero-order chi connectivity index (χ0) is 36.1. The number of hydrogen-bond donors (Lipinski definition) is 1. The lowest BCUT2D eigenvalue weighted by atomic mass is 9.97. The van der Waals surface area contributed by atoms with Crippen LogP contribution in [0.4, 0.5) is 17.1 Å². The van der Waals surface area contributed by atoms with E-state index in [2.05, 4.69) is 77.7 Å². The number of anilines is 3. The third kappa shape index (κ3) is 6.71. The molecule has 0 radical (unpaired) electrons. The second-order valence-electron chi connectivity index (χ2n) is 12.2. The van der Waals surface area contributed by atoms with Crippen molar-refractivity contribution in [3.63, 3.8) is 0 Å². The molecule has 0 aliphatic heterocycles. The van der Waals surface area contributed by atoms with Gasteiger partial charge in [0.05, 0.1) is 22.4 Å². The first-order chi connectivity index (χ1) is 26.1. The van der Waals surface area contributed by atoms with Gasteiger partial charge >= 0.3 is 5.97 Å². The van der Waals surface area contributed by atoms with Gasteiger partial charge in [-0.3, -0.25) is 0 Å². The lowest BCUT2D eigenvalue weighted by molar-refractivity contribution is -0.132. The molecule has 0 fully saturated rings. The van der Waals surface area contributed by atoms with Crippen LogP contribution in [0.1, 0.15) is 4.88 Å². The number of benzene rings is 6. The highest BCUT2D eigenvalue weighted by Crippen LogP contribution is 2.42. The molecule has 0 unspecified atom stereocenters. The van der Waals surface area contributed by atoms with Crippen LogP contribution in [0.3, 0.4) is 0 Å². The first-order valence-corrected chi connectivity index (χ1v) is 17.8. The largest absolute Gasteiger partial charge is 0.477 e. The third-order valence-corrected chi connectivity index (χ3v) is 9.98. The number of fused-ring (bicyclic) bond motifs is 1. The SMILES string of the molecule is N#C/C(=C\c1ccc(-c2ccc(-c3ccc(N(c4ccccc4)c4ccccc4)cc3)c3nc(-c4ccccc4)c(-c4ccccc4)nc23)s1)C(=O)O. The predicted octanol–water partition coefficient (Wildman–Crippen LogP) is 11.8. The van der Waals surface area contributed by atoms with Crippen LogP contribution in [0.2, 0.25) is 0 Å². The standard InChI is InChI=1S/C46H30N4O2S/c47-30-34(46(51)52)29-38-25-28-41(53-38)40-27-26-39(31-21-23-37(24-22-31)50(35-17-9-3-10-18-35)36-19-11-4-12-20-36)44-45(40)49-43(33-15-7-2-8-16-33)42(48-44)32-13-5-1-6-14-32/h1-29H,(H,51,52)/b34-29+. The van der Waals surface area contributed by atoms with Crippen LogP contribution in [0.25, 0.3) is 61.2 Å². The molecule has 0 atom stereocenters. The molecule has 0 amide bonds. The molecule has 0 bridgehead atoms. The van der Waals surface area contributed by atoms with Gasteiger partial charge in [0, 0.05) is 49.1 Å². The summed E-state index contributed by atoms with van der Waals surface area (Å²) in [6.45, 7) is 0. The van der Waals surface area contributed by atoms with Crippen molar-refractivity contribution >= 4 is 51.5 Å². The van der Waals surface area contributed by atoms with Crippen molar-refractivity contribution < 1.29 is 9.90 Å². The van der Waals surface area contributed by atoms with E-state index in [1.54, 1.807) is 6.07 Å². The second kappa shape index (κ2) is 14.6. The minimum atomic E-state index is -1.26. The van der Waals surface area contributed by atoms with Crippen LogP contribution >= 0.6 is 11.3 Å². The molecule has 1 N–H and O–H groups in total. The molecule has 252 valence electrons. The summed E-state index contributed by atoms with van der Waals surface area (Å²) in [5.74, 6) is -1.26. The fourth-order valence-electron chi connectivity index (χ4n) is 6.41. The number of thiophene rings is 1. The molecule has 0 spiro atoms. The normalized spacial score (nSPS) is 11.3. The highest BCUT2D eigenvalue weighted by molar-refractivity contribution is 7.16. The van der Waals surface area contributed by atoms with Gasteiger partial charge in [-0.2, -0.15) is 5.26 Å². The number of rotatable bonds is 9. The molecule has 7 heteroatoms. The molecular weight excluding hydrogens is 673 g/mol. The quantitative estimate of drug-likeness (QED) is 0.119. The Morgan fingerprint density at radius 3 is 1.55 bits per heavy atom. The van der Waals surface area contributed by atoms with Crippen LogP contribution in [-0.4, -0.2) is 21.0 Å². The smallest absolute Gasteiger partial charge is 0.346 e. The number of nitrogens with zero attached hydrogens (tertiary/aromatic N) is 4. The zero-order valence-electron chi connectivity index (χ0n) is 28.3. The van der Waals surface area contributed by atoms with Gasteiger partial charge in [-0.05, 0) is 60.2 Å².